The third-order valence-electron chi connectivity index (χ3n) is 6.55. The standard InChI is InChI=1S/C28H28N4OS/c1-18-29-26-12-7-21(15-25(26)28(30-18)31-22-8-9-22)20-5-2-4-19(14-20)17-32(23-10-11-23)27(33)16-24-6-3-13-34-24/h2-7,12-15,22-23H,8-11,16-17H2,1H3,(H,29,30,31). The first-order valence-electron chi connectivity index (χ1n) is 12.1. The number of rotatable bonds is 8. The number of amides is 1. The molecule has 2 saturated carbocycles. The molecule has 6 heteroatoms. The highest BCUT2D eigenvalue weighted by atomic mass is 32.1. The lowest BCUT2D eigenvalue weighted by Gasteiger charge is -2.23. The molecule has 0 saturated heterocycles. The van der Waals surface area contributed by atoms with Crippen molar-refractivity contribution in [2.24, 2.45) is 0 Å². The van der Waals surface area contributed by atoms with Gasteiger partial charge >= 0.3 is 0 Å². The predicted molar refractivity (Wildman–Crippen MR) is 138 cm³/mol. The Balaban J connectivity index is 1.27. The number of hydrogen-bond donors (Lipinski definition) is 1. The van der Waals surface area contributed by atoms with E-state index in [9.17, 15) is 4.79 Å². The van der Waals surface area contributed by atoms with E-state index in [4.69, 9.17) is 0 Å². The monoisotopic (exact) mass is 468 g/mol. The van der Waals surface area contributed by atoms with Gasteiger partial charge in [-0.05, 0) is 78.9 Å². The molecule has 2 aromatic heterocycles. The minimum absolute atomic E-state index is 0.226. The van der Waals surface area contributed by atoms with Crippen LogP contribution >= 0.6 is 11.3 Å². The number of thiophene rings is 1. The topological polar surface area (TPSA) is 58.1 Å². The molecule has 2 heterocycles. The smallest absolute Gasteiger partial charge is 0.228 e. The Kier molecular flexibility index (Phi) is 5.53. The molecule has 0 bridgehead atoms. The molecule has 0 aliphatic heterocycles. The molecule has 2 aromatic carbocycles. The van der Waals surface area contributed by atoms with Gasteiger partial charge < -0.3 is 10.2 Å². The van der Waals surface area contributed by atoms with Crippen molar-refractivity contribution in [3.8, 4) is 11.1 Å². The van der Waals surface area contributed by atoms with Crippen molar-refractivity contribution in [2.45, 2.75) is 57.7 Å². The van der Waals surface area contributed by atoms with E-state index in [0.717, 1.165) is 51.4 Å². The minimum Gasteiger partial charge on any atom is -0.367 e. The van der Waals surface area contributed by atoms with Gasteiger partial charge in [0, 0.05) is 28.9 Å². The second-order valence-electron chi connectivity index (χ2n) is 9.48. The van der Waals surface area contributed by atoms with E-state index in [1.165, 1.54) is 18.4 Å². The van der Waals surface area contributed by atoms with Gasteiger partial charge in [-0.15, -0.1) is 11.3 Å². The van der Waals surface area contributed by atoms with Crippen LogP contribution in [0.1, 0.15) is 41.9 Å². The zero-order valence-electron chi connectivity index (χ0n) is 19.3. The fourth-order valence-corrected chi connectivity index (χ4v) is 5.17. The van der Waals surface area contributed by atoms with Crippen LogP contribution in [-0.2, 0) is 17.8 Å². The molecule has 5 nitrogen and oxygen atoms in total. The van der Waals surface area contributed by atoms with Crippen LogP contribution in [0.2, 0.25) is 0 Å². The first kappa shape index (κ1) is 21.3. The Morgan fingerprint density at radius 3 is 2.65 bits per heavy atom. The first-order valence-corrected chi connectivity index (χ1v) is 13.0. The van der Waals surface area contributed by atoms with Gasteiger partial charge in [0.2, 0.25) is 5.91 Å². The molecule has 0 atom stereocenters. The summed E-state index contributed by atoms with van der Waals surface area (Å²) in [4.78, 5) is 25.6. The van der Waals surface area contributed by atoms with E-state index in [1.807, 2.05) is 24.4 Å². The Morgan fingerprint density at radius 2 is 1.88 bits per heavy atom. The van der Waals surface area contributed by atoms with E-state index in [-0.39, 0.29) is 5.91 Å². The molecule has 172 valence electrons. The van der Waals surface area contributed by atoms with Crippen LogP contribution in [0.3, 0.4) is 0 Å². The molecule has 0 spiro atoms. The van der Waals surface area contributed by atoms with Crippen molar-refractivity contribution >= 4 is 34.0 Å². The molecule has 6 rings (SSSR count). The maximum Gasteiger partial charge on any atom is 0.228 e. The highest BCUT2D eigenvalue weighted by molar-refractivity contribution is 7.10. The number of hydrogen-bond acceptors (Lipinski definition) is 5. The number of nitrogens with zero attached hydrogens (tertiary/aromatic N) is 3. The van der Waals surface area contributed by atoms with Crippen molar-refractivity contribution in [1.82, 2.24) is 14.9 Å². The summed E-state index contributed by atoms with van der Waals surface area (Å²) in [5.41, 5.74) is 4.43. The number of aryl methyl sites for hydroxylation is 1. The van der Waals surface area contributed by atoms with Gasteiger partial charge in [0.25, 0.3) is 0 Å². The number of benzene rings is 2. The Labute approximate surface area is 203 Å². The quantitative estimate of drug-likeness (QED) is 0.346. The van der Waals surface area contributed by atoms with Gasteiger partial charge in [-0.2, -0.15) is 0 Å². The van der Waals surface area contributed by atoms with Gasteiger partial charge in [-0.3, -0.25) is 4.79 Å². The van der Waals surface area contributed by atoms with Gasteiger partial charge in [-0.1, -0.05) is 30.3 Å². The third-order valence-corrected chi connectivity index (χ3v) is 7.43. The largest absolute Gasteiger partial charge is 0.367 e. The van der Waals surface area contributed by atoms with E-state index in [2.05, 4.69) is 62.6 Å². The summed E-state index contributed by atoms with van der Waals surface area (Å²) < 4.78 is 0. The molecule has 1 amide bonds. The number of nitrogens with one attached hydrogen (secondary N) is 1. The normalized spacial score (nSPS) is 15.4. The average Bonchev–Trinajstić information content (AvgIpc) is 3.77. The second-order valence-corrected chi connectivity index (χ2v) is 10.5. The van der Waals surface area contributed by atoms with Crippen molar-refractivity contribution < 1.29 is 4.79 Å². The minimum atomic E-state index is 0.226. The molecule has 2 aliphatic rings. The lowest BCUT2D eigenvalue weighted by Crippen LogP contribution is -2.33. The molecule has 4 aromatic rings. The number of carbonyl (C=O) groups excluding carboxylic acids is 1. The number of fused-ring (bicyclic) bond motifs is 1. The zero-order chi connectivity index (χ0) is 23.1. The lowest BCUT2D eigenvalue weighted by atomic mass is 10.0. The van der Waals surface area contributed by atoms with Gasteiger partial charge in [0.1, 0.15) is 11.6 Å². The molecule has 2 aliphatic carbocycles. The number of carbonyl (C=O) groups is 1. The highest BCUT2D eigenvalue weighted by Gasteiger charge is 2.32. The number of aromatic nitrogens is 2. The summed E-state index contributed by atoms with van der Waals surface area (Å²) in [6, 6.07) is 20.0. The third kappa shape index (κ3) is 4.68. The second kappa shape index (κ2) is 8.84. The summed E-state index contributed by atoms with van der Waals surface area (Å²) >= 11 is 1.65. The molecule has 34 heavy (non-hydrogen) atoms. The van der Waals surface area contributed by atoms with Crippen LogP contribution in [0.4, 0.5) is 5.82 Å². The van der Waals surface area contributed by atoms with Crippen LogP contribution in [0, 0.1) is 6.92 Å². The van der Waals surface area contributed by atoms with Crippen molar-refractivity contribution in [3.63, 3.8) is 0 Å². The first-order chi connectivity index (χ1) is 16.6. The van der Waals surface area contributed by atoms with Crippen LogP contribution in [0.5, 0.6) is 0 Å². The fraction of sp³-hybridized carbons (Fsp3) is 0.321. The van der Waals surface area contributed by atoms with Crippen molar-refractivity contribution in [2.75, 3.05) is 5.32 Å². The number of anilines is 1. The van der Waals surface area contributed by atoms with Gasteiger partial charge in [0.05, 0.1) is 11.9 Å². The maximum atomic E-state index is 13.1. The van der Waals surface area contributed by atoms with E-state index in [1.54, 1.807) is 11.3 Å². The Morgan fingerprint density at radius 1 is 1.03 bits per heavy atom. The molecular formula is C28H28N4OS. The molecular weight excluding hydrogens is 440 g/mol. The summed E-state index contributed by atoms with van der Waals surface area (Å²) in [5, 5.41) is 6.67. The average molecular weight is 469 g/mol. The van der Waals surface area contributed by atoms with Crippen molar-refractivity contribution in [3.05, 3.63) is 76.2 Å². The molecule has 1 N–H and O–H groups in total. The summed E-state index contributed by atoms with van der Waals surface area (Å²) in [6.45, 7) is 2.60. The van der Waals surface area contributed by atoms with E-state index in [0.29, 0.717) is 25.0 Å². The zero-order valence-corrected chi connectivity index (χ0v) is 20.1. The van der Waals surface area contributed by atoms with Crippen LogP contribution in [0.25, 0.3) is 22.0 Å². The summed E-state index contributed by atoms with van der Waals surface area (Å²) in [6.07, 6.45) is 5.12. The molecule has 0 unspecified atom stereocenters. The van der Waals surface area contributed by atoms with Crippen LogP contribution < -0.4 is 5.32 Å². The molecule has 2 fully saturated rings. The lowest BCUT2D eigenvalue weighted by molar-refractivity contribution is -0.131. The highest BCUT2D eigenvalue weighted by Crippen LogP contribution is 2.33. The van der Waals surface area contributed by atoms with Crippen molar-refractivity contribution in [1.29, 1.82) is 0 Å². The van der Waals surface area contributed by atoms with E-state index >= 15 is 0 Å². The van der Waals surface area contributed by atoms with Gasteiger partial charge in [-0.25, -0.2) is 9.97 Å². The predicted octanol–water partition coefficient (Wildman–Crippen LogP) is 5.97. The Hall–Kier alpha value is -3.25. The van der Waals surface area contributed by atoms with Crippen LogP contribution in [0.15, 0.2) is 60.0 Å². The Bertz CT molecular complexity index is 1340. The van der Waals surface area contributed by atoms with E-state index < -0.39 is 0 Å². The molecule has 0 radical (unpaired) electrons. The fourth-order valence-electron chi connectivity index (χ4n) is 4.47. The SMILES string of the molecule is Cc1nc(NC2CC2)c2cc(-c3cccc(CN(C(=O)Cc4cccs4)C4CC4)c3)ccc2n1. The van der Waals surface area contributed by atoms with Gasteiger partial charge in [0.15, 0.2) is 0 Å². The van der Waals surface area contributed by atoms with Crippen LogP contribution in [-0.4, -0.2) is 32.9 Å². The summed E-state index contributed by atoms with van der Waals surface area (Å²) in [5.74, 6) is 1.95. The summed E-state index contributed by atoms with van der Waals surface area (Å²) in [7, 11) is 0. The maximum absolute atomic E-state index is 13.1.